The highest BCUT2D eigenvalue weighted by Gasteiger charge is 2.18. The molecule has 1 fully saturated rings. The average molecular weight is 352 g/mol. The van der Waals surface area contributed by atoms with Gasteiger partial charge in [-0.1, -0.05) is 0 Å². The smallest absolute Gasteiger partial charge is 0.191 e. The molecule has 1 aromatic heterocycles. The van der Waals surface area contributed by atoms with Gasteiger partial charge in [0.15, 0.2) is 5.96 Å². The number of piperazine rings is 1. The van der Waals surface area contributed by atoms with Crippen LogP contribution in [0.4, 0.5) is 5.00 Å². The first-order chi connectivity index (χ1) is 7.31. The minimum atomic E-state index is 0. The fraction of sp³-hybridized carbons (Fsp3) is 0.500. The second kappa shape index (κ2) is 6.29. The van der Waals surface area contributed by atoms with Gasteiger partial charge in [0.25, 0.3) is 0 Å². The third-order valence-electron chi connectivity index (χ3n) is 2.65. The summed E-state index contributed by atoms with van der Waals surface area (Å²) >= 11 is 1.79. The monoisotopic (exact) mass is 352 g/mol. The van der Waals surface area contributed by atoms with Gasteiger partial charge < -0.3 is 15.5 Å². The van der Waals surface area contributed by atoms with Crippen LogP contribution < -0.4 is 10.6 Å². The lowest BCUT2D eigenvalue weighted by molar-refractivity contribution is 0.382. The molecular weight excluding hydrogens is 335 g/mol. The third-order valence-corrected chi connectivity index (χ3v) is 3.58. The maximum Gasteiger partial charge on any atom is 0.191 e. The first-order valence-corrected chi connectivity index (χ1v) is 5.95. The van der Waals surface area contributed by atoms with Crippen molar-refractivity contribution in [2.24, 2.45) is 10.7 Å². The summed E-state index contributed by atoms with van der Waals surface area (Å²) in [6, 6.07) is 4.26. The molecule has 16 heavy (non-hydrogen) atoms. The topological polar surface area (TPSA) is 44.9 Å². The van der Waals surface area contributed by atoms with E-state index >= 15 is 0 Å². The van der Waals surface area contributed by atoms with Crippen LogP contribution in [0.3, 0.4) is 0 Å². The highest BCUT2D eigenvalue weighted by molar-refractivity contribution is 14.0. The lowest BCUT2D eigenvalue weighted by Crippen LogP contribution is -2.51. The van der Waals surface area contributed by atoms with Gasteiger partial charge in [0.1, 0.15) is 0 Å². The lowest BCUT2D eigenvalue weighted by Gasteiger charge is -2.35. The molecule has 0 unspecified atom stereocenters. The van der Waals surface area contributed by atoms with E-state index in [1.165, 1.54) is 5.00 Å². The summed E-state index contributed by atoms with van der Waals surface area (Å²) in [5, 5.41) is 3.46. The molecule has 4 nitrogen and oxygen atoms in total. The van der Waals surface area contributed by atoms with Gasteiger partial charge in [-0.15, -0.1) is 35.3 Å². The van der Waals surface area contributed by atoms with E-state index in [0.717, 1.165) is 26.2 Å². The van der Waals surface area contributed by atoms with E-state index in [1.807, 2.05) is 0 Å². The fourth-order valence-electron chi connectivity index (χ4n) is 1.75. The number of guanidine groups is 1. The number of hydrogen-bond donors (Lipinski definition) is 1. The predicted molar refractivity (Wildman–Crippen MR) is 81.1 cm³/mol. The normalized spacial score (nSPS) is 17.2. The summed E-state index contributed by atoms with van der Waals surface area (Å²) in [4.78, 5) is 8.53. The Balaban J connectivity index is 0.00000128. The Labute approximate surface area is 117 Å². The molecule has 2 heterocycles. The van der Waals surface area contributed by atoms with Gasteiger partial charge in [0.2, 0.25) is 0 Å². The molecule has 90 valence electrons. The molecule has 1 aromatic rings. The Kier molecular flexibility index (Phi) is 5.33. The summed E-state index contributed by atoms with van der Waals surface area (Å²) in [6.45, 7) is 3.97. The number of halogens is 1. The molecular formula is C10H17IN4S. The standard InChI is InChI=1S/C10H16N4S.HI/c1-12-10(11)14-6-4-13(5-7-14)9-3-2-8-15-9;/h2-3,8H,4-7H2,1H3,(H2,11,12);1H. The van der Waals surface area contributed by atoms with Crippen LogP contribution in [0, 0.1) is 0 Å². The van der Waals surface area contributed by atoms with E-state index in [0.29, 0.717) is 5.96 Å². The van der Waals surface area contributed by atoms with E-state index in [-0.39, 0.29) is 24.0 Å². The first kappa shape index (κ1) is 13.6. The van der Waals surface area contributed by atoms with Crippen molar-refractivity contribution in [2.45, 2.75) is 0 Å². The molecule has 1 aliphatic heterocycles. The van der Waals surface area contributed by atoms with E-state index in [1.54, 1.807) is 18.4 Å². The summed E-state index contributed by atoms with van der Waals surface area (Å²) < 4.78 is 0. The Hall–Kier alpha value is -0.500. The average Bonchev–Trinajstić information content (AvgIpc) is 2.82. The first-order valence-electron chi connectivity index (χ1n) is 5.07. The zero-order chi connectivity index (χ0) is 10.7. The van der Waals surface area contributed by atoms with Crippen LogP contribution in [0.15, 0.2) is 22.5 Å². The van der Waals surface area contributed by atoms with Gasteiger partial charge in [-0.2, -0.15) is 0 Å². The number of hydrogen-bond acceptors (Lipinski definition) is 3. The van der Waals surface area contributed by atoms with Crippen molar-refractivity contribution in [3.63, 3.8) is 0 Å². The molecule has 6 heteroatoms. The van der Waals surface area contributed by atoms with E-state index in [2.05, 4.69) is 32.3 Å². The minimum Gasteiger partial charge on any atom is -0.370 e. The molecule has 0 bridgehead atoms. The Morgan fingerprint density at radius 3 is 2.56 bits per heavy atom. The zero-order valence-electron chi connectivity index (χ0n) is 9.30. The fourth-order valence-corrected chi connectivity index (χ4v) is 2.53. The minimum absolute atomic E-state index is 0. The molecule has 2 N–H and O–H groups in total. The maximum atomic E-state index is 5.77. The predicted octanol–water partition coefficient (Wildman–Crippen LogP) is 1.43. The Bertz CT molecular complexity index is 331. The van der Waals surface area contributed by atoms with Crippen LogP contribution in [-0.2, 0) is 0 Å². The van der Waals surface area contributed by atoms with Crippen LogP contribution in [0.2, 0.25) is 0 Å². The Morgan fingerprint density at radius 1 is 1.38 bits per heavy atom. The van der Waals surface area contributed by atoms with Gasteiger partial charge in [0.05, 0.1) is 5.00 Å². The van der Waals surface area contributed by atoms with Gasteiger partial charge >= 0.3 is 0 Å². The molecule has 0 spiro atoms. The number of nitrogens with two attached hydrogens (primary N) is 1. The van der Waals surface area contributed by atoms with Crippen LogP contribution in [0.25, 0.3) is 0 Å². The molecule has 0 aromatic carbocycles. The zero-order valence-corrected chi connectivity index (χ0v) is 12.4. The van der Waals surface area contributed by atoms with Gasteiger partial charge in [-0.05, 0) is 17.5 Å². The molecule has 0 saturated carbocycles. The van der Waals surface area contributed by atoms with E-state index < -0.39 is 0 Å². The highest BCUT2D eigenvalue weighted by Crippen LogP contribution is 2.22. The van der Waals surface area contributed by atoms with Crippen molar-refractivity contribution in [1.29, 1.82) is 0 Å². The second-order valence-corrected chi connectivity index (χ2v) is 4.43. The quantitative estimate of drug-likeness (QED) is 0.473. The van der Waals surface area contributed by atoms with Crippen LogP contribution in [-0.4, -0.2) is 44.1 Å². The van der Waals surface area contributed by atoms with E-state index in [9.17, 15) is 0 Å². The third kappa shape index (κ3) is 3.00. The summed E-state index contributed by atoms with van der Waals surface area (Å²) in [5.74, 6) is 0.654. The van der Waals surface area contributed by atoms with Crippen molar-refractivity contribution < 1.29 is 0 Å². The van der Waals surface area contributed by atoms with Crippen LogP contribution >= 0.6 is 35.3 Å². The molecule has 0 aliphatic carbocycles. The molecule has 0 atom stereocenters. The van der Waals surface area contributed by atoms with Gasteiger partial charge in [-0.3, -0.25) is 4.99 Å². The molecule has 0 radical (unpaired) electrons. The SMILES string of the molecule is CN=C(N)N1CCN(c2cccs2)CC1.I. The van der Waals surface area contributed by atoms with E-state index in [4.69, 9.17) is 5.73 Å². The summed E-state index contributed by atoms with van der Waals surface area (Å²) in [6.07, 6.45) is 0. The largest absolute Gasteiger partial charge is 0.370 e. The van der Waals surface area contributed by atoms with Gasteiger partial charge in [0, 0.05) is 33.2 Å². The highest BCUT2D eigenvalue weighted by atomic mass is 127. The number of nitrogens with zero attached hydrogens (tertiary/aromatic N) is 3. The van der Waals surface area contributed by atoms with Crippen molar-refractivity contribution in [3.05, 3.63) is 17.5 Å². The molecule has 1 aliphatic rings. The summed E-state index contributed by atoms with van der Waals surface area (Å²) in [7, 11) is 1.74. The number of aliphatic imine (C=N–C) groups is 1. The second-order valence-electron chi connectivity index (χ2n) is 3.51. The number of anilines is 1. The van der Waals surface area contributed by atoms with Crippen molar-refractivity contribution in [3.8, 4) is 0 Å². The molecule has 2 rings (SSSR count). The van der Waals surface area contributed by atoms with Crippen LogP contribution in [0.5, 0.6) is 0 Å². The molecule has 1 saturated heterocycles. The van der Waals surface area contributed by atoms with Crippen molar-refractivity contribution in [2.75, 3.05) is 38.1 Å². The maximum absolute atomic E-state index is 5.77. The lowest BCUT2D eigenvalue weighted by atomic mass is 10.3. The van der Waals surface area contributed by atoms with Crippen molar-refractivity contribution >= 4 is 46.3 Å². The number of thiophene rings is 1. The Morgan fingerprint density at radius 2 is 2.06 bits per heavy atom. The van der Waals surface area contributed by atoms with Crippen molar-refractivity contribution in [1.82, 2.24) is 4.90 Å². The van der Waals surface area contributed by atoms with Crippen LogP contribution in [0.1, 0.15) is 0 Å². The number of rotatable bonds is 1. The summed E-state index contributed by atoms with van der Waals surface area (Å²) in [5.41, 5.74) is 5.77. The molecule has 0 amide bonds. The van der Waals surface area contributed by atoms with Gasteiger partial charge in [-0.25, -0.2) is 0 Å².